The predicted octanol–water partition coefficient (Wildman–Crippen LogP) is 3.64. The largest absolute Gasteiger partial charge is 0.390 e. The number of hydrogen-bond acceptors (Lipinski definition) is 2. The molecule has 1 amide bonds. The van der Waals surface area contributed by atoms with Gasteiger partial charge in [0.05, 0.1) is 11.2 Å². The Kier molecular flexibility index (Phi) is 3.39. The molecule has 1 aromatic heterocycles. The Morgan fingerprint density at radius 3 is 2.69 bits per heavy atom. The van der Waals surface area contributed by atoms with Crippen molar-refractivity contribution in [3.05, 3.63) is 48.7 Å². The highest BCUT2D eigenvalue weighted by Crippen LogP contribution is 2.57. The molecule has 6 rings (SSSR count). The molecule has 0 radical (unpaired) electrons. The van der Waals surface area contributed by atoms with Crippen molar-refractivity contribution in [3.8, 4) is 0 Å². The number of allylic oxidation sites excluding steroid dienone is 1. The molecule has 2 atom stereocenters. The van der Waals surface area contributed by atoms with Crippen LogP contribution in [0.4, 0.5) is 0 Å². The number of rotatable bonds is 4. The number of aliphatic hydroxyl groups is 1. The molecule has 4 fully saturated rings. The molecule has 0 spiro atoms. The van der Waals surface area contributed by atoms with Gasteiger partial charge in [-0.25, -0.2) is 0 Å². The average Bonchev–Trinajstić information content (AvgIpc) is 2.92. The van der Waals surface area contributed by atoms with Gasteiger partial charge in [0, 0.05) is 29.2 Å². The second-order valence-electron chi connectivity index (χ2n) is 8.92. The van der Waals surface area contributed by atoms with Crippen molar-refractivity contribution < 1.29 is 9.90 Å². The van der Waals surface area contributed by atoms with Crippen LogP contribution in [0.2, 0.25) is 0 Å². The van der Waals surface area contributed by atoms with Gasteiger partial charge in [0.2, 0.25) is 0 Å². The molecular weight excluding hydrogens is 324 g/mol. The first-order chi connectivity index (χ1) is 12.5. The smallest absolute Gasteiger partial charge is 0.253 e. The fourth-order valence-electron chi connectivity index (χ4n) is 6.39. The number of nitrogens with one attached hydrogen (secondary N) is 1. The van der Waals surface area contributed by atoms with E-state index in [9.17, 15) is 9.90 Å². The zero-order chi connectivity index (χ0) is 17.9. The predicted molar refractivity (Wildman–Crippen MR) is 102 cm³/mol. The van der Waals surface area contributed by atoms with E-state index >= 15 is 0 Å². The van der Waals surface area contributed by atoms with Gasteiger partial charge in [-0.15, -0.1) is 6.58 Å². The number of carbonyl (C=O) groups excluding carboxylic acids is 1. The van der Waals surface area contributed by atoms with Gasteiger partial charge in [-0.3, -0.25) is 4.79 Å². The molecule has 4 aliphatic rings. The summed E-state index contributed by atoms with van der Waals surface area (Å²) in [5.74, 6) is 1.11. The summed E-state index contributed by atoms with van der Waals surface area (Å²) in [5, 5.41) is 15.3. The number of amides is 1. The van der Waals surface area contributed by atoms with Crippen molar-refractivity contribution in [1.82, 2.24) is 9.88 Å². The molecule has 26 heavy (non-hydrogen) atoms. The highest BCUT2D eigenvalue weighted by molar-refractivity contribution is 6.07. The first-order valence-corrected chi connectivity index (χ1v) is 9.73. The minimum Gasteiger partial charge on any atom is -0.390 e. The second-order valence-corrected chi connectivity index (χ2v) is 8.92. The molecule has 4 aliphatic carbocycles. The molecule has 4 heteroatoms. The molecule has 1 heterocycles. The minimum absolute atomic E-state index is 0.00503. The molecule has 4 nitrogen and oxygen atoms in total. The van der Waals surface area contributed by atoms with Crippen molar-refractivity contribution in [2.75, 3.05) is 0 Å². The van der Waals surface area contributed by atoms with E-state index in [1.165, 1.54) is 6.42 Å². The van der Waals surface area contributed by atoms with Crippen LogP contribution in [0.25, 0.3) is 10.9 Å². The Hall–Kier alpha value is -2.07. The molecule has 0 aliphatic heterocycles. The first kappa shape index (κ1) is 16.1. The van der Waals surface area contributed by atoms with Gasteiger partial charge in [0.1, 0.15) is 0 Å². The van der Waals surface area contributed by atoms with Crippen LogP contribution in [0.15, 0.2) is 43.1 Å². The molecule has 0 saturated heterocycles. The van der Waals surface area contributed by atoms with Crippen molar-refractivity contribution in [2.45, 2.75) is 56.2 Å². The van der Waals surface area contributed by atoms with Gasteiger partial charge in [-0.1, -0.05) is 24.3 Å². The maximum Gasteiger partial charge on any atom is 0.253 e. The number of hydrogen-bond donors (Lipinski definition) is 2. The zero-order valence-corrected chi connectivity index (χ0v) is 15.1. The third kappa shape index (κ3) is 2.43. The van der Waals surface area contributed by atoms with Gasteiger partial charge in [-0.05, 0) is 56.4 Å². The Balaban J connectivity index is 1.48. The average molecular weight is 350 g/mol. The van der Waals surface area contributed by atoms with Gasteiger partial charge in [0.25, 0.3) is 5.91 Å². The summed E-state index contributed by atoms with van der Waals surface area (Å²) in [6.07, 6.45) is 9.59. The number of nitrogens with zero attached hydrogens (tertiary/aromatic N) is 1. The summed E-state index contributed by atoms with van der Waals surface area (Å²) in [4.78, 5) is 13.2. The molecule has 2 aromatic rings. The van der Waals surface area contributed by atoms with Gasteiger partial charge >= 0.3 is 0 Å². The van der Waals surface area contributed by atoms with Crippen LogP contribution in [-0.4, -0.2) is 26.7 Å². The molecule has 4 bridgehead atoms. The number of aromatic nitrogens is 1. The van der Waals surface area contributed by atoms with E-state index in [1.807, 2.05) is 36.5 Å². The molecule has 1 aromatic carbocycles. The van der Waals surface area contributed by atoms with Gasteiger partial charge < -0.3 is 15.0 Å². The Morgan fingerprint density at radius 1 is 1.27 bits per heavy atom. The number of carbonyl (C=O) groups is 1. The van der Waals surface area contributed by atoms with Crippen LogP contribution in [0.3, 0.4) is 0 Å². The Labute approximate surface area is 153 Å². The molecular formula is C22H26N2O2. The summed E-state index contributed by atoms with van der Waals surface area (Å²) in [5.41, 5.74) is 0.998. The maximum atomic E-state index is 13.2. The summed E-state index contributed by atoms with van der Waals surface area (Å²) in [7, 11) is 0. The van der Waals surface area contributed by atoms with Gasteiger partial charge in [0.15, 0.2) is 0 Å². The van der Waals surface area contributed by atoms with E-state index in [2.05, 4.69) is 16.5 Å². The van der Waals surface area contributed by atoms with E-state index in [-0.39, 0.29) is 11.4 Å². The van der Waals surface area contributed by atoms with Crippen molar-refractivity contribution >= 4 is 16.8 Å². The quantitative estimate of drug-likeness (QED) is 0.827. The lowest BCUT2D eigenvalue weighted by Crippen LogP contribution is -2.65. The molecule has 2 N–H and O–H groups in total. The van der Waals surface area contributed by atoms with E-state index in [0.29, 0.717) is 24.8 Å². The monoisotopic (exact) mass is 350 g/mol. The third-order valence-electron chi connectivity index (χ3n) is 6.77. The van der Waals surface area contributed by atoms with E-state index in [0.717, 1.165) is 42.1 Å². The van der Waals surface area contributed by atoms with Gasteiger partial charge in [-0.2, -0.15) is 0 Å². The van der Waals surface area contributed by atoms with E-state index in [4.69, 9.17) is 0 Å². The third-order valence-corrected chi connectivity index (χ3v) is 6.77. The molecule has 136 valence electrons. The standard InChI is InChI=1S/C22H26N2O2/c1-2-7-24-13-18(17-5-3-4-6-19(17)24)20(25)23-21-9-15-8-16(10-21)12-22(26,11-15)14-21/h2-6,13,15-16,26H,1,7-12,14H2,(H,23,25). The van der Waals surface area contributed by atoms with Crippen molar-refractivity contribution in [3.63, 3.8) is 0 Å². The minimum atomic E-state index is -0.561. The molecule has 2 unspecified atom stereocenters. The van der Waals surface area contributed by atoms with Crippen molar-refractivity contribution in [2.24, 2.45) is 11.8 Å². The van der Waals surface area contributed by atoms with Crippen LogP contribution in [0, 0.1) is 11.8 Å². The number of fused-ring (bicyclic) bond motifs is 1. The molecule has 4 saturated carbocycles. The van der Waals surface area contributed by atoms with Crippen LogP contribution in [-0.2, 0) is 6.54 Å². The van der Waals surface area contributed by atoms with Crippen LogP contribution in [0.5, 0.6) is 0 Å². The highest BCUT2D eigenvalue weighted by atomic mass is 16.3. The zero-order valence-electron chi connectivity index (χ0n) is 15.1. The maximum absolute atomic E-state index is 13.2. The fourth-order valence-corrected chi connectivity index (χ4v) is 6.39. The Bertz CT molecular complexity index is 883. The topological polar surface area (TPSA) is 54.3 Å². The number of benzene rings is 1. The van der Waals surface area contributed by atoms with Crippen LogP contribution < -0.4 is 5.32 Å². The highest BCUT2D eigenvalue weighted by Gasteiger charge is 2.57. The van der Waals surface area contributed by atoms with E-state index < -0.39 is 5.60 Å². The van der Waals surface area contributed by atoms with Crippen LogP contribution >= 0.6 is 0 Å². The summed E-state index contributed by atoms with van der Waals surface area (Å²) in [6, 6.07) is 8.03. The van der Waals surface area contributed by atoms with Crippen molar-refractivity contribution in [1.29, 1.82) is 0 Å². The SMILES string of the molecule is C=CCn1cc(C(=O)NC23CC4CC(CC(O)(C4)C2)C3)c2ccccc21. The van der Waals surface area contributed by atoms with E-state index in [1.54, 1.807) is 0 Å². The number of para-hydroxylation sites is 1. The lowest BCUT2D eigenvalue weighted by atomic mass is 9.51. The Morgan fingerprint density at radius 2 is 2.00 bits per heavy atom. The normalized spacial score (nSPS) is 35.0. The second kappa shape index (κ2) is 5.46. The summed E-state index contributed by atoms with van der Waals surface area (Å²) in [6.45, 7) is 4.51. The van der Waals surface area contributed by atoms with Crippen LogP contribution in [0.1, 0.15) is 48.9 Å². The first-order valence-electron chi connectivity index (χ1n) is 9.73. The summed E-state index contributed by atoms with van der Waals surface area (Å²) >= 11 is 0. The summed E-state index contributed by atoms with van der Waals surface area (Å²) < 4.78 is 2.07. The fraction of sp³-hybridized carbons (Fsp3) is 0.500. The lowest BCUT2D eigenvalue weighted by Gasteiger charge is -2.60. The lowest BCUT2D eigenvalue weighted by molar-refractivity contribution is -0.139.